The Kier molecular flexibility index (Phi) is 5.89. The normalized spacial score (nSPS) is 11.0. The monoisotopic (exact) mass is 415 g/mol. The van der Waals surface area contributed by atoms with E-state index in [0.29, 0.717) is 11.5 Å². The van der Waals surface area contributed by atoms with Crippen LogP contribution in [0.25, 0.3) is 23.0 Å². The van der Waals surface area contributed by atoms with Crippen LogP contribution in [-0.4, -0.2) is 39.9 Å². The summed E-state index contributed by atoms with van der Waals surface area (Å²) in [6.45, 7) is 0.196. The van der Waals surface area contributed by atoms with Gasteiger partial charge < -0.3 is 14.8 Å². The van der Waals surface area contributed by atoms with Crippen molar-refractivity contribution < 1.29 is 14.3 Å². The summed E-state index contributed by atoms with van der Waals surface area (Å²) >= 11 is 0. The number of carbonyl (C=O) groups is 1. The largest absolute Gasteiger partial charge is 0.497 e. The van der Waals surface area contributed by atoms with Crippen molar-refractivity contribution in [2.24, 2.45) is 0 Å². The van der Waals surface area contributed by atoms with Crippen molar-refractivity contribution in [2.45, 2.75) is 6.54 Å². The minimum Gasteiger partial charge on any atom is -0.497 e. The molecule has 31 heavy (non-hydrogen) atoms. The van der Waals surface area contributed by atoms with Crippen LogP contribution in [0.5, 0.6) is 11.5 Å². The molecule has 0 aliphatic heterocycles. The molecule has 0 unspecified atom stereocenters. The second-order valence-corrected chi connectivity index (χ2v) is 6.66. The van der Waals surface area contributed by atoms with Gasteiger partial charge in [-0.05, 0) is 60.2 Å². The molecule has 0 saturated heterocycles. The molecule has 4 rings (SSSR count). The molecule has 8 nitrogen and oxygen atoms in total. The molecule has 0 spiro atoms. The second-order valence-electron chi connectivity index (χ2n) is 6.66. The van der Waals surface area contributed by atoms with Gasteiger partial charge in [-0.2, -0.15) is 9.61 Å². The van der Waals surface area contributed by atoms with Gasteiger partial charge in [-0.25, -0.2) is 0 Å². The third-order valence-corrected chi connectivity index (χ3v) is 4.65. The van der Waals surface area contributed by atoms with Crippen LogP contribution in [0, 0.1) is 0 Å². The molecule has 0 aliphatic rings. The maximum absolute atomic E-state index is 12.2. The number of carbonyl (C=O) groups excluding carboxylic acids is 1. The number of nitrogens with one attached hydrogen (secondary N) is 1. The van der Waals surface area contributed by atoms with E-state index in [4.69, 9.17) is 9.47 Å². The summed E-state index contributed by atoms with van der Waals surface area (Å²) in [7, 11) is 3.23. The number of rotatable bonds is 7. The van der Waals surface area contributed by atoms with E-state index in [-0.39, 0.29) is 12.5 Å². The molecule has 4 aromatic rings. The molecule has 0 fully saturated rings. The first-order valence-corrected chi connectivity index (χ1v) is 9.62. The highest BCUT2D eigenvalue weighted by molar-refractivity contribution is 5.91. The number of fused-ring (bicyclic) bond motifs is 1. The lowest BCUT2D eigenvalue weighted by atomic mass is 10.1. The number of hydrogen-bond acceptors (Lipinski definition) is 6. The van der Waals surface area contributed by atoms with Gasteiger partial charge in [0.15, 0.2) is 11.5 Å². The van der Waals surface area contributed by atoms with E-state index in [0.717, 1.165) is 28.3 Å². The van der Waals surface area contributed by atoms with Crippen molar-refractivity contribution in [2.75, 3.05) is 14.2 Å². The number of hydrogen-bond donors (Lipinski definition) is 1. The Morgan fingerprint density at radius 2 is 1.81 bits per heavy atom. The van der Waals surface area contributed by atoms with Crippen LogP contribution < -0.4 is 14.8 Å². The van der Waals surface area contributed by atoms with Gasteiger partial charge >= 0.3 is 0 Å². The van der Waals surface area contributed by atoms with Crippen molar-refractivity contribution in [3.63, 3.8) is 0 Å². The van der Waals surface area contributed by atoms with Crippen molar-refractivity contribution >= 4 is 17.6 Å². The molecule has 0 bridgehead atoms. The van der Waals surface area contributed by atoms with Gasteiger partial charge in [-0.1, -0.05) is 12.1 Å². The topological polar surface area (TPSA) is 90.6 Å². The third kappa shape index (κ3) is 4.69. The zero-order valence-electron chi connectivity index (χ0n) is 17.1. The van der Waals surface area contributed by atoms with Crippen molar-refractivity contribution in [1.82, 2.24) is 25.1 Å². The minimum absolute atomic E-state index is 0.196. The summed E-state index contributed by atoms with van der Waals surface area (Å²) in [5.41, 5.74) is 3.18. The fraction of sp³-hybridized carbons (Fsp3) is 0.130. The van der Waals surface area contributed by atoms with Crippen LogP contribution in [0.3, 0.4) is 0 Å². The van der Waals surface area contributed by atoms with E-state index in [9.17, 15) is 4.79 Å². The van der Waals surface area contributed by atoms with E-state index < -0.39 is 0 Å². The average Bonchev–Trinajstić information content (AvgIpc) is 3.24. The first-order chi connectivity index (χ1) is 15.2. The van der Waals surface area contributed by atoms with Gasteiger partial charge in [0.25, 0.3) is 0 Å². The fourth-order valence-corrected chi connectivity index (χ4v) is 3.00. The molecular formula is C23H21N5O3. The van der Waals surface area contributed by atoms with E-state index in [1.54, 1.807) is 24.8 Å². The van der Waals surface area contributed by atoms with Crippen LogP contribution in [0.15, 0.2) is 66.7 Å². The van der Waals surface area contributed by atoms with Crippen LogP contribution in [0.4, 0.5) is 0 Å². The molecule has 0 atom stereocenters. The number of nitrogens with zero attached hydrogens (tertiary/aromatic N) is 4. The predicted octanol–water partition coefficient (Wildman–Crippen LogP) is 3.14. The molecule has 1 N–H and O–H groups in total. The first kappa shape index (κ1) is 20.1. The van der Waals surface area contributed by atoms with E-state index in [2.05, 4.69) is 20.6 Å². The number of methoxy groups -OCH3 is 2. The van der Waals surface area contributed by atoms with E-state index in [1.807, 2.05) is 60.7 Å². The highest BCUT2D eigenvalue weighted by Crippen LogP contribution is 2.21. The maximum atomic E-state index is 12.2. The zero-order chi connectivity index (χ0) is 21.6. The van der Waals surface area contributed by atoms with Crippen molar-refractivity contribution in [1.29, 1.82) is 0 Å². The van der Waals surface area contributed by atoms with Crippen LogP contribution in [0.1, 0.15) is 11.4 Å². The van der Waals surface area contributed by atoms with Crippen molar-refractivity contribution in [3.05, 3.63) is 78.1 Å². The van der Waals surface area contributed by atoms with Gasteiger partial charge in [-0.3, -0.25) is 4.79 Å². The Hall–Kier alpha value is -4.20. The Bertz CT molecular complexity index is 1230. The highest BCUT2D eigenvalue weighted by Gasteiger charge is 2.10. The van der Waals surface area contributed by atoms with Gasteiger partial charge in [0, 0.05) is 11.6 Å². The Morgan fingerprint density at radius 3 is 2.58 bits per heavy atom. The van der Waals surface area contributed by atoms with Crippen LogP contribution in [-0.2, 0) is 11.3 Å². The molecule has 2 heterocycles. The average molecular weight is 415 g/mol. The number of benzene rings is 2. The molecule has 2 aromatic carbocycles. The van der Waals surface area contributed by atoms with Crippen molar-refractivity contribution in [3.8, 4) is 22.8 Å². The lowest BCUT2D eigenvalue weighted by Crippen LogP contribution is -2.22. The molecule has 2 aromatic heterocycles. The number of ether oxygens (including phenoxy) is 2. The van der Waals surface area contributed by atoms with Gasteiger partial charge in [0.2, 0.25) is 5.91 Å². The summed E-state index contributed by atoms with van der Waals surface area (Å²) in [6, 6.07) is 18.8. The van der Waals surface area contributed by atoms with Gasteiger partial charge in [-0.15, -0.1) is 10.2 Å². The molecule has 1 amide bonds. The number of aromatic nitrogens is 4. The lowest BCUT2D eigenvalue weighted by molar-refractivity contribution is -0.116. The Labute approximate surface area is 179 Å². The summed E-state index contributed by atoms with van der Waals surface area (Å²) in [6.07, 6.45) is 3.19. The Morgan fingerprint density at radius 1 is 1.00 bits per heavy atom. The quantitative estimate of drug-likeness (QED) is 0.467. The van der Waals surface area contributed by atoms with Crippen LogP contribution >= 0.6 is 0 Å². The standard InChI is InChI=1S/C23H21N5O3/c1-30-18-9-7-17(8-10-18)20-11-12-21-25-26-22(28(21)27-20)15-24-23(29)13-6-16-4-3-5-19(14-16)31-2/h3-14H,15H2,1-2H3,(H,24,29)/b13-6+. The molecule has 0 saturated carbocycles. The summed E-state index contributed by atoms with van der Waals surface area (Å²) in [5, 5.41) is 15.7. The Balaban J connectivity index is 1.46. The predicted molar refractivity (Wildman–Crippen MR) is 117 cm³/mol. The van der Waals surface area contributed by atoms with E-state index >= 15 is 0 Å². The molecule has 8 heteroatoms. The molecule has 156 valence electrons. The molecule has 0 radical (unpaired) electrons. The number of amides is 1. The zero-order valence-corrected chi connectivity index (χ0v) is 17.1. The SMILES string of the molecule is COc1ccc(-c2ccc3nnc(CNC(=O)/C=C/c4cccc(OC)c4)n3n2)cc1. The minimum atomic E-state index is -0.245. The maximum Gasteiger partial charge on any atom is 0.244 e. The smallest absolute Gasteiger partial charge is 0.244 e. The fourth-order valence-electron chi connectivity index (χ4n) is 3.00. The molecule has 0 aliphatic carbocycles. The highest BCUT2D eigenvalue weighted by atomic mass is 16.5. The molecular weight excluding hydrogens is 394 g/mol. The summed E-state index contributed by atoms with van der Waals surface area (Å²) < 4.78 is 12.0. The summed E-state index contributed by atoms with van der Waals surface area (Å²) in [5.74, 6) is 1.80. The van der Waals surface area contributed by atoms with Gasteiger partial charge in [0.1, 0.15) is 11.5 Å². The first-order valence-electron chi connectivity index (χ1n) is 9.62. The van der Waals surface area contributed by atoms with Gasteiger partial charge in [0.05, 0.1) is 26.5 Å². The van der Waals surface area contributed by atoms with Crippen LogP contribution in [0.2, 0.25) is 0 Å². The second kappa shape index (κ2) is 9.08. The third-order valence-electron chi connectivity index (χ3n) is 4.65. The van der Waals surface area contributed by atoms with E-state index in [1.165, 1.54) is 6.08 Å². The lowest BCUT2D eigenvalue weighted by Gasteiger charge is -2.05. The summed E-state index contributed by atoms with van der Waals surface area (Å²) in [4.78, 5) is 12.2.